The molecule has 0 bridgehead atoms. The van der Waals surface area contributed by atoms with Gasteiger partial charge in [0.1, 0.15) is 23.9 Å². The molecule has 1 amide bonds. The number of aromatic nitrogens is 2. The maximum Gasteiger partial charge on any atom is 0.331 e. The standard InChI is InChI=1S/C23H22N4O4/c1-25(12-15-3-4-17-10-20(31-2)8-5-16(17)9-15)21(28)14-27-22(29)18(11-24)13-26(23(27)30)19-6-7-19/h3-5,8-10,13,19H,6-7,12,14H2,1-2H3. The number of amides is 1. The van der Waals surface area contributed by atoms with Crippen LogP contribution in [0, 0.1) is 11.3 Å². The van der Waals surface area contributed by atoms with Gasteiger partial charge in [-0.15, -0.1) is 0 Å². The molecule has 1 saturated carbocycles. The highest BCUT2D eigenvalue weighted by atomic mass is 16.5. The van der Waals surface area contributed by atoms with Gasteiger partial charge in [-0.1, -0.05) is 18.2 Å². The highest BCUT2D eigenvalue weighted by Crippen LogP contribution is 2.33. The molecule has 0 unspecified atom stereocenters. The average Bonchev–Trinajstić information content (AvgIpc) is 3.61. The van der Waals surface area contributed by atoms with E-state index in [1.807, 2.05) is 42.5 Å². The zero-order valence-corrected chi connectivity index (χ0v) is 17.4. The van der Waals surface area contributed by atoms with Crippen molar-refractivity contribution in [3.8, 4) is 11.8 Å². The van der Waals surface area contributed by atoms with E-state index in [1.54, 1.807) is 14.2 Å². The number of hydrogen-bond acceptors (Lipinski definition) is 5. The fraction of sp³-hybridized carbons (Fsp3) is 0.304. The van der Waals surface area contributed by atoms with Gasteiger partial charge in [0.05, 0.1) is 7.11 Å². The average molecular weight is 418 g/mol. The van der Waals surface area contributed by atoms with Crippen molar-refractivity contribution < 1.29 is 9.53 Å². The van der Waals surface area contributed by atoms with E-state index >= 15 is 0 Å². The molecule has 2 aromatic carbocycles. The summed E-state index contributed by atoms with van der Waals surface area (Å²) in [5.41, 5.74) is -0.493. The van der Waals surface area contributed by atoms with Crippen molar-refractivity contribution in [3.05, 3.63) is 74.6 Å². The second kappa shape index (κ2) is 8.11. The van der Waals surface area contributed by atoms with Crippen LogP contribution in [0.2, 0.25) is 0 Å². The van der Waals surface area contributed by atoms with Crippen LogP contribution in [0.4, 0.5) is 0 Å². The molecule has 1 fully saturated rings. The van der Waals surface area contributed by atoms with Crippen LogP contribution < -0.4 is 16.0 Å². The van der Waals surface area contributed by atoms with Gasteiger partial charge in [-0.2, -0.15) is 5.26 Å². The molecule has 0 radical (unpaired) electrons. The molecule has 1 heterocycles. The maximum absolute atomic E-state index is 12.8. The number of nitrogens with zero attached hydrogens (tertiary/aromatic N) is 4. The summed E-state index contributed by atoms with van der Waals surface area (Å²) in [6.45, 7) is -0.0779. The van der Waals surface area contributed by atoms with Crippen LogP contribution >= 0.6 is 0 Å². The Morgan fingerprint density at radius 3 is 2.58 bits per heavy atom. The first-order valence-electron chi connectivity index (χ1n) is 9.98. The minimum Gasteiger partial charge on any atom is -0.497 e. The lowest BCUT2D eigenvalue weighted by atomic mass is 10.1. The number of likely N-dealkylation sites (N-methyl/N-ethyl adjacent to an activating group) is 1. The van der Waals surface area contributed by atoms with Crippen molar-refractivity contribution in [1.82, 2.24) is 14.0 Å². The van der Waals surface area contributed by atoms with Gasteiger partial charge in [-0.25, -0.2) is 9.36 Å². The third-order valence-electron chi connectivity index (χ3n) is 5.51. The fourth-order valence-electron chi connectivity index (χ4n) is 3.57. The van der Waals surface area contributed by atoms with Gasteiger partial charge in [0.15, 0.2) is 0 Å². The third kappa shape index (κ3) is 4.08. The van der Waals surface area contributed by atoms with Crippen LogP contribution in [0.3, 0.4) is 0 Å². The van der Waals surface area contributed by atoms with Crippen molar-refractivity contribution in [2.75, 3.05) is 14.2 Å². The van der Waals surface area contributed by atoms with Gasteiger partial charge in [0, 0.05) is 25.8 Å². The molecule has 0 aliphatic heterocycles. The first-order chi connectivity index (χ1) is 14.9. The minimum atomic E-state index is -0.731. The Morgan fingerprint density at radius 1 is 1.19 bits per heavy atom. The number of methoxy groups -OCH3 is 1. The van der Waals surface area contributed by atoms with E-state index in [9.17, 15) is 19.6 Å². The summed E-state index contributed by atoms with van der Waals surface area (Å²) < 4.78 is 7.50. The van der Waals surface area contributed by atoms with Crippen LogP contribution in [-0.2, 0) is 17.9 Å². The molecule has 3 aromatic rings. The fourth-order valence-corrected chi connectivity index (χ4v) is 3.57. The second-order valence-electron chi connectivity index (χ2n) is 7.76. The lowest BCUT2D eigenvalue weighted by Crippen LogP contribution is -2.44. The molecule has 0 saturated heterocycles. The van der Waals surface area contributed by atoms with E-state index in [2.05, 4.69) is 0 Å². The molecule has 8 nitrogen and oxygen atoms in total. The van der Waals surface area contributed by atoms with Gasteiger partial charge < -0.3 is 9.64 Å². The van der Waals surface area contributed by atoms with Gasteiger partial charge >= 0.3 is 5.69 Å². The van der Waals surface area contributed by atoms with Crippen LogP contribution in [0.25, 0.3) is 10.8 Å². The van der Waals surface area contributed by atoms with Gasteiger partial charge in [0.2, 0.25) is 5.91 Å². The quantitative estimate of drug-likeness (QED) is 0.610. The monoisotopic (exact) mass is 418 g/mol. The first-order valence-corrected chi connectivity index (χ1v) is 9.98. The third-order valence-corrected chi connectivity index (χ3v) is 5.51. The van der Waals surface area contributed by atoms with Gasteiger partial charge in [-0.05, 0) is 47.4 Å². The molecule has 0 N–H and O–H groups in total. The van der Waals surface area contributed by atoms with Crippen molar-refractivity contribution in [1.29, 1.82) is 5.26 Å². The molecule has 1 aliphatic rings. The predicted molar refractivity (Wildman–Crippen MR) is 115 cm³/mol. The number of benzene rings is 2. The lowest BCUT2D eigenvalue weighted by Gasteiger charge is -2.19. The number of rotatable bonds is 6. The molecule has 1 aliphatic carbocycles. The Kier molecular flexibility index (Phi) is 5.34. The van der Waals surface area contributed by atoms with E-state index < -0.39 is 17.8 Å². The Bertz CT molecular complexity index is 1330. The summed E-state index contributed by atoms with van der Waals surface area (Å²) in [7, 11) is 3.24. The zero-order chi connectivity index (χ0) is 22.1. The van der Waals surface area contributed by atoms with Crippen molar-refractivity contribution >= 4 is 16.7 Å². The second-order valence-corrected chi connectivity index (χ2v) is 7.76. The lowest BCUT2D eigenvalue weighted by molar-refractivity contribution is -0.131. The Morgan fingerprint density at radius 2 is 1.90 bits per heavy atom. The Hall–Kier alpha value is -3.86. The Balaban J connectivity index is 1.55. The van der Waals surface area contributed by atoms with Crippen LogP contribution in [0.5, 0.6) is 5.75 Å². The molecule has 4 rings (SSSR count). The molecule has 158 valence electrons. The SMILES string of the molecule is COc1ccc2cc(CN(C)C(=O)Cn3c(=O)c(C#N)cn(C4CC4)c3=O)ccc2c1. The summed E-state index contributed by atoms with van der Waals surface area (Å²) in [6.07, 6.45) is 2.95. The van der Waals surface area contributed by atoms with Crippen molar-refractivity contribution in [2.45, 2.75) is 32.0 Å². The number of hydrogen-bond donors (Lipinski definition) is 0. The van der Waals surface area contributed by atoms with Crippen molar-refractivity contribution in [3.63, 3.8) is 0 Å². The molecule has 0 atom stereocenters. The minimum absolute atomic E-state index is 0.00416. The Labute approximate surface area is 178 Å². The van der Waals surface area contributed by atoms with E-state index in [0.29, 0.717) is 6.54 Å². The van der Waals surface area contributed by atoms with Crippen LogP contribution in [-0.4, -0.2) is 34.1 Å². The van der Waals surface area contributed by atoms with E-state index in [-0.39, 0.29) is 17.5 Å². The highest BCUT2D eigenvalue weighted by molar-refractivity contribution is 5.84. The predicted octanol–water partition coefficient (Wildman–Crippen LogP) is 2.04. The van der Waals surface area contributed by atoms with Gasteiger partial charge in [0.25, 0.3) is 5.56 Å². The number of ether oxygens (including phenoxy) is 1. The van der Waals surface area contributed by atoms with E-state index in [4.69, 9.17) is 4.74 Å². The molecular formula is C23H22N4O4. The van der Waals surface area contributed by atoms with Crippen LogP contribution in [0.15, 0.2) is 52.2 Å². The summed E-state index contributed by atoms with van der Waals surface area (Å²) in [5, 5.41) is 11.3. The maximum atomic E-state index is 12.8. The largest absolute Gasteiger partial charge is 0.497 e. The zero-order valence-electron chi connectivity index (χ0n) is 17.4. The van der Waals surface area contributed by atoms with Crippen LogP contribution in [0.1, 0.15) is 30.0 Å². The highest BCUT2D eigenvalue weighted by Gasteiger charge is 2.27. The van der Waals surface area contributed by atoms with Gasteiger partial charge in [-0.3, -0.25) is 14.2 Å². The molecule has 8 heteroatoms. The normalized spacial score (nSPS) is 13.1. The topological polar surface area (TPSA) is 97.3 Å². The first kappa shape index (κ1) is 20.4. The number of nitriles is 1. The smallest absolute Gasteiger partial charge is 0.331 e. The summed E-state index contributed by atoms with van der Waals surface area (Å²) in [4.78, 5) is 39.4. The van der Waals surface area contributed by atoms with E-state index in [1.165, 1.54) is 15.7 Å². The molecule has 31 heavy (non-hydrogen) atoms. The number of carbonyl (C=O) groups is 1. The summed E-state index contributed by atoms with van der Waals surface area (Å²) in [5.74, 6) is 0.390. The summed E-state index contributed by atoms with van der Waals surface area (Å²) >= 11 is 0. The molecule has 0 spiro atoms. The number of carbonyl (C=O) groups excluding carboxylic acids is 1. The molecule has 1 aromatic heterocycles. The number of fused-ring (bicyclic) bond motifs is 1. The van der Waals surface area contributed by atoms with E-state index in [0.717, 1.165) is 39.5 Å². The molecular weight excluding hydrogens is 396 g/mol. The van der Waals surface area contributed by atoms with Crippen molar-refractivity contribution in [2.24, 2.45) is 0 Å². The summed E-state index contributed by atoms with van der Waals surface area (Å²) in [6, 6.07) is 13.5.